The molecule has 0 radical (unpaired) electrons. The maximum atomic E-state index is 12.3. The largest absolute Gasteiger partial charge is 0.488 e. The zero-order chi connectivity index (χ0) is 17.8. The number of ether oxygens (including phenoxy) is 1. The van der Waals surface area contributed by atoms with Gasteiger partial charge in [0.05, 0.1) is 4.91 Å². The van der Waals surface area contributed by atoms with Crippen molar-refractivity contribution in [1.29, 1.82) is 0 Å². The van der Waals surface area contributed by atoms with E-state index >= 15 is 0 Å². The number of rotatable bonds is 5. The summed E-state index contributed by atoms with van der Waals surface area (Å²) in [4.78, 5) is 25.8. The number of amides is 2. The first kappa shape index (κ1) is 17.8. The van der Waals surface area contributed by atoms with Crippen molar-refractivity contribution in [1.82, 2.24) is 4.90 Å². The van der Waals surface area contributed by atoms with E-state index in [0.717, 1.165) is 27.4 Å². The molecule has 0 aliphatic carbocycles. The Bertz CT molecular complexity index is 836. The normalized spacial score (nSPS) is 15.9. The molecule has 1 heterocycles. The zero-order valence-corrected chi connectivity index (χ0v) is 16.0. The van der Waals surface area contributed by atoms with E-state index in [4.69, 9.17) is 4.74 Å². The molecule has 0 saturated carbocycles. The van der Waals surface area contributed by atoms with E-state index in [-0.39, 0.29) is 11.1 Å². The second kappa shape index (κ2) is 7.89. The number of hydrogen-bond acceptors (Lipinski definition) is 4. The summed E-state index contributed by atoms with van der Waals surface area (Å²) in [6.45, 7) is 2.59. The first-order valence-corrected chi connectivity index (χ1v) is 9.41. The SMILES string of the molecule is CCN1C(=O)S/C(=C/c2cc(Br)ccc2OCc2ccccc2)C1=O. The fourth-order valence-electron chi connectivity index (χ4n) is 2.41. The quantitative estimate of drug-likeness (QED) is 0.635. The Balaban J connectivity index is 1.86. The van der Waals surface area contributed by atoms with Crippen LogP contribution in [0.5, 0.6) is 5.75 Å². The van der Waals surface area contributed by atoms with Crippen molar-refractivity contribution in [3.8, 4) is 5.75 Å². The molecule has 1 aliphatic rings. The van der Waals surface area contributed by atoms with Gasteiger partial charge in [-0.15, -0.1) is 0 Å². The van der Waals surface area contributed by atoms with E-state index in [9.17, 15) is 9.59 Å². The van der Waals surface area contributed by atoms with E-state index in [1.54, 1.807) is 13.0 Å². The van der Waals surface area contributed by atoms with E-state index in [0.29, 0.717) is 23.8 Å². The summed E-state index contributed by atoms with van der Waals surface area (Å²) >= 11 is 4.40. The predicted octanol–water partition coefficient (Wildman–Crippen LogP) is 5.08. The van der Waals surface area contributed by atoms with Crippen LogP contribution in [0, 0.1) is 0 Å². The monoisotopic (exact) mass is 417 g/mol. The summed E-state index contributed by atoms with van der Waals surface area (Å²) in [7, 11) is 0. The van der Waals surface area contributed by atoms with Crippen molar-refractivity contribution >= 4 is 44.9 Å². The molecule has 2 aromatic rings. The van der Waals surface area contributed by atoms with Crippen molar-refractivity contribution in [2.45, 2.75) is 13.5 Å². The second-order valence-corrected chi connectivity index (χ2v) is 7.29. The summed E-state index contributed by atoms with van der Waals surface area (Å²) < 4.78 is 6.79. The molecule has 1 saturated heterocycles. The molecule has 1 aliphatic heterocycles. The Morgan fingerprint density at radius 1 is 1.16 bits per heavy atom. The Morgan fingerprint density at radius 3 is 2.60 bits per heavy atom. The number of hydrogen-bond donors (Lipinski definition) is 0. The zero-order valence-electron chi connectivity index (χ0n) is 13.6. The molecule has 0 aromatic heterocycles. The third-order valence-corrected chi connectivity index (χ3v) is 5.09. The highest BCUT2D eigenvalue weighted by molar-refractivity contribution is 9.10. The second-order valence-electron chi connectivity index (χ2n) is 5.38. The van der Waals surface area contributed by atoms with Gasteiger partial charge in [0.1, 0.15) is 12.4 Å². The molecule has 2 amide bonds. The molecular weight excluding hydrogens is 402 g/mol. The van der Waals surface area contributed by atoms with Crippen LogP contribution in [0.1, 0.15) is 18.1 Å². The fraction of sp³-hybridized carbons (Fsp3) is 0.158. The van der Waals surface area contributed by atoms with Gasteiger partial charge in [-0.2, -0.15) is 0 Å². The van der Waals surface area contributed by atoms with Crippen molar-refractivity contribution in [3.63, 3.8) is 0 Å². The molecule has 4 nitrogen and oxygen atoms in total. The highest BCUT2D eigenvalue weighted by Crippen LogP contribution is 2.34. The lowest BCUT2D eigenvalue weighted by Gasteiger charge is -2.11. The molecule has 1 fully saturated rings. The average Bonchev–Trinajstić information content (AvgIpc) is 2.88. The van der Waals surface area contributed by atoms with Gasteiger partial charge in [-0.05, 0) is 48.5 Å². The molecule has 0 N–H and O–H groups in total. The molecule has 0 unspecified atom stereocenters. The highest BCUT2D eigenvalue weighted by Gasteiger charge is 2.33. The van der Waals surface area contributed by atoms with E-state index in [1.807, 2.05) is 48.5 Å². The molecule has 6 heteroatoms. The lowest BCUT2D eigenvalue weighted by atomic mass is 10.1. The lowest BCUT2D eigenvalue weighted by Crippen LogP contribution is -2.27. The Hall–Kier alpha value is -2.05. The Morgan fingerprint density at radius 2 is 1.92 bits per heavy atom. The summed E-state index contributed by atoms with van der Waals surface area (Å²) in [6.07, 6.45) is 1.71. The van der Waals surface area contributed by atoms with Crippen LogP contribution in [0.2, 0.25) is 0 Å². The number of likely N-dealkylation sites (N-methyl/N-ethyl adjacent to an activating group) is 1. The van der Waals surface area contributed by atoms with Crippen molar-refractivity contribution < 1.29 is 14.3 Å². The smallest absolute Gasteiger partial charge is 0.293 e. The van der Waals surface area contributed by atoms with Crippen molar-refractivity contribution in [3.05, 3.63) is 69.0 Å². The molecule has 0 bridgehead atoms. The van der Waals surface area contributed by atoms with Crippen LogP contribution in [-0.4, -0.2) is 22.6 Å². The van der Waals surface area contributed by atoms with Crippen molar-refractivity contribution in [2.24, 2.45) is 0 Å². The van der Waals surface area contributed by atoms with Crippen molar-refractivity contribution in [2.75, 3.05) is 6.54 Å². The topological polar surface area (TPSA) is 46.6 Å². The number of carbonyl (C=O) groups excluding carboxylic acids is 2. The van der Waals surface area contributed by atoms with Gasteiger partial charge in [-0.25, -0.2) is 0 Å². The summed E-state index contributed by atoms with van der Waals surface area (Å²) in [5.41, 5.74) is 1.81. The molecule has 0 spiro atoms. The Labute approximate surface area is 159 Å². The van der Waals surface area contributed by atoms with Gasteiger partial charge < -0.3 is 4.74 Å². The molecular formula is C19H16BrNO3S. The minimum Gasteiger partial charge on any atom is -0.488 e. The van der Waals surface area contributed by atoms with Crippen LogP contribution < -0.4 is 4.74 Å². The van der Waals surface area contributed by atoms with Crippen LogP contribution in [0.4, 0.5) is 4.79 Å². The first-order chi connectivity index (χ1) is 12.1. The number of benzene rings is 2. The third-order valence-electron chi connectivity index (χ3n) is 3.69. The summed E-state index contributed by atoms with van der Waals surface area (Å²) in [6, 6.07) is 15.5. The van der Waals surface area contributed by atoms with E-state index in [2.05, 4.69) is 15.9 Å². The highest BCUT2D eigenvalue weighted by atomic mass is 79.9. The summed E-state index contributed by atoms with van der Waals surface area (Å²) in [5, 5.41) is -0.236. The fourth-order valence-corrected chi connectivity index (χ4v) is 3.69. The maximum Gasteiger partial charge on any atom is 0.293 e. The van der Waals surface area contributed by atoms with E-state index < -0.39 is 0 Å². The van der Waals surface area contributed by atoms with Gasteiger partial charge in [-0.3, -0.25) is 14.5 Å². The van der Waals surface area contributed by atoms with Gasteiger partial charge in [-0.1, -0.05) is 46.3 Å². The summed E-state index contributed by atoms with van der Waals surface area (Å²) in [5.74, 6) is 0.404. The van der Waals surface area contributed by atoms with E-state index in [1.165, 1.54) is 4.90 Å². The molecule has 3 rings (SSSR count). The maximum absolute atomic E-state index is 12.3. The van der Waals surface area contributed by atoms with Crippen LogP contribution >= 0.6 is 27.7 Å². The number of carbonyl (C=O) groups is 2. The van der Waals surface area contributed by atoms with Gasteiger partial charge in [0.25, 0.3) is 11.1 Å². The van der Waals surface area contributed by atoms with Gasteiger partial charge in [0, 0.05) is 16.6 Å². The van der Waals surface area contributed by atoms with Crippen LogP contribution in [0.15, 0.2) is 57.9 Å². The van der Waals surface area contributed by atoms with Crippen LogP contribution in [0.25, 0.3) is 6.08 Å². The van der Waals surface area contributed by atoms with Crippen LogP contribution in [-0.2, 0) is 11.4 Å². The van der Waals surface area contributed by atoms with Crippen LogP contribution in [0.3, 0.4) is 0 Å². The molecule has 0 atom stereocenters. The minimum absolute atomic E-state index is 0.236. The number of thioether (sulfide) groups is 1. The van der Waals surface area contributed by atoms with Gasteiger partial charge in [0.15, 0.2) is 0 Å². The minimum atomic E-state index is -0.258. The number of halogens is 1. The predicted molar refractivity (Wildman–Crippen MR) is 103 cm³/mol. The average molecular weight is 418 g/mol. The first-order valence-electron chi connectivity index (χ1n) is 7.80. The van der Waals surface area contributed by atoms with Gasteiger partial charge in [0.2, 0.25) is 0 Å². The molecule has 128 valence electrons. The standard InChI is InChI=1S/C19H16BrNO3S/c1-2-21-18(22)17(25-19(21)23)11-14-10-15(20)8-9-16(14)24-12-13-6-4-3-5-7-13/h3-11H,2,12H2,1H3/b17-11+. The third kappa shape index (κ3) is 4.14. The lowest BCUT2D eigenvalue weighted by molar-refractivity contribution is -0.122. The molecule has 25 heavy (non-hydrogen) atoms. The Kier molecular flexibility index (Phi) is 5.60. The number of nitrogens with zero attached hydrogens (tertiary/aromatic N) is 1. The molecule has 2 aromatic carbocycles. The number of imide groups is 1. The van der Waals surface area contributed by atoms with Gasteiger partial charge >= 0.3 is 0 Å².